The predicted octanol–water partition coefficient (Wildman–Crippen LogP) is 2.25. The van der Waals surface area contributed by atoms with Crippen molar-refractivity contribution in [3.05, 3.63) is 48.0 Å². The lowest BCUT2D eigenvalue weighted by Crippen LogP contribution is -2.28. The van der Waals surface area contributed by atoms with Gasteiger partial charge in [0.2, 0.25) is 11.8 Å². The molecular weight excluding hydrogens is 304 g/mol. The van der Waals surface area contributed by atoms with Crippen molar-refractivity contribution in [2.75, 3.05) is 20.6 Å². The Balaban J connectivity index is 1.80. The van der Waals surface area contributed by atoms with Crippen molar-refractivity contribution in [1.82, 2.24) is 10.2 Å². The van der Waals surface area contributed by atoms with Crippen molar-refractivity contribution in [3.63, 3.8) is 0 Å². The van der Waals surface area contributed by atoms with Gasteiger partial charge in [-0.3, -0.25) is 9.59 Å². The largest absolute Gasteiger partial charge is 0.387 e. The lowest BCUT2D eigenvalue weighted by molar-refractivity contribution is -0.129. The number of carbonyl (C=O) groups excluding carboxylic acids is 2. The second-order valence-corrected chi connectivity index (χ2v) is 6.07. The molecule has 2 rings (SSSR count). The van der Waals surface area contributed by atoms with E-state index in [1.54, 1.807) is 14.1 Å². The number of aliphatic hydroxyl groups excluding tert-OH is 1. The van der Waals surface area contributed by atoms with E-state index in [1.165, 1.54) is 4.90 Å². The molecule has 0 spiro atoms. The van der Waals surface area contributed by atoms with Gasteiger partial charge in [-0.2, -0.15) is 0 Å². The average molecular weight is 328 g/mol. The molecule has 0 aliphatic carbocycles. The molecule has 1 unspecified atom stereocenters. The van der Waals surface area contributed by atoms with E-state index >= 15 is 0 Å². The molecule has 0 saturated carbocycles. The Morgan fingerprint density at radius 1 is 1.08 bits per heavy atom. The molecule has 0 saturated heterocycles. The summed E-state index contributed by atoms with van der Waals surface area (Å²) in [6.07, 6.45) is 0.397. The number of hydrogen-bond donors (Lipinski definition) is 2. The summed E-state index contributed by atoms with van der Waals surface area (Å²) in [5, 5.41) is 15.1. The summed E-state index contributed by atoms with van der Waals surface area (Å²) in [7, 11) is 3.39. The molecule has 128 valence electrons. The summed E-state index contributed by atoms with van der Waals surface area (Å²) in [6, 6.07) is 13.7. The van der Waals surface area contributed by atoms with Gasteiger partial charge in [0.15, 0.2) is 0 Å². The maximum absolute atomic E-state index is 11.8. The highest BCUT2D eigenvalue weighted by Crippen LogP contribution is 2.20. The van der Waals surface area contributed by atoms with Crippen LogP contribution < -0.4 is 5.32 Å². The summed E-state index contributed by atoms with van der Waals surface area (Å²) < 4.78 is 0. The van der Waals surface area contributed by atoms with E-state index in [0.29, 0.717) is 12.8 Å². The fraction of sp³-hybridized carbons (Fsp3) is 0.368. The van der Waals surface area contributed by atoms with E-state index in [1.807, 2.05) is 42.5 Å². The Kier molecular flexibility index (Phi) is 6.32. The van der Waals surface area contributed by atoms with Crippen molar-refractivity contribution in [1.29, 1.82) is 0 Å². The predicted molar refractivity (Wildman–Crippen MR) is 94.5 cm³/mol. The van der Waals surface area contributed by atoms with Crippen LogP contribution in [0.3, 0.4) is 0 Å². The zero-order valence-electron chi connectivity index (χ0n) is 14.2. The summed E-state index contributed by atoms with van der Waals surface area (Å²) >= 11 is 0. The van der Waals surface area contributed by atoms with E-state index in [-0.39, 0.29) is 24.8 Å². The molecule has 1 atom stereocenters. The second kappa shape index (κ2) is 8.45. The molecule has 0 radical (unpaired) electrons. The van der Waals surface area contributed by atoms with Gasteiger partial charge in [0, 0.05) is 33.5 Å². The average Bonchev–Trinajstić information content (AvgIpc) is 2.59. The standard InChI is InChI=1S/C19H24N2O3/c1-21(2)19(24)9-5-8-18(23)20-13-17(22)16-11-10-14-6-3-4-7-15(14)12-16/h3-4,6-7,10-12,17,22H,5,8-9,13H2,1-2H3,(H,20,23). The Labute approximate surface area is 142 Å². The van der Waals surface area contributed by atoms with Crippen molar-refractivity contribution in [2.45, 2.75) is 25.4 Å². The number of rotatable bonds is 7. The lowest BCUT2D eigenvalue weighted by Gasteiger charge is -2.13. The Morgan fingerprint density at radius 2 is 1.79 bits per heavy atom. The van der Waals surface area contributed by atoms with Gasteiger partial charge in [0.25, 0.3) is 0 Å². The first kappa shape index (κ1) is 17.9. The molecule has 0 heterocycles. The van der Waals surface area contributed by atoms with Crippen LogP contribution in [0.2, 0.25) is 0 Å². The first-order valence-corrected chi connectivity index (χ1v) is 8.11. The highest BCUT2D eigenvalue weighted by Gasteiger charge is 2.11. The van der Waals surface area contributed by atoms with Crippen LogP contribution in [0.25, 0.3) is 10.8 Å². The maximum atomic E-state index is 11.8. The summed E-state index contributed by atoms with van der Waals surface area (Å²) in [5.41, 5.74) is 0.775. The number of nitrogens with one attached hydrogen (secondary N) is 1. The fourth-order valence-corrected chi connectivity index (χ4v) is 2.46. The van der Waals surface area contributed by atoms with Crippen molar-refractivity contribution in [3.8, 4) is 0 Å². The van der Waals surface area contributed by atoms with Crippen molar-refractivity contribution >= 4 is 22.6 Å². The van der Waals surface area contributed by atoms with E-state index in [2.05, 4.69) is 5.32 Å². The minimum atomic E-state index is -0.748. The van der Waals surface area contributed by atoms with Gasteiger partial charge in [-0.15, -0.1) is 0 Å². The zero-order valence-corrected chi connectivity index (χ0v) is 14.2. The van der Waals surface area contributed by atoms with Gasteiger partial charge < -0.3 is 15.3 Å². The quantitative estimate of drug-likeness (QED) is 0.819. The van der Waals surface area contributed by atoms with E-state index in [4.69, 9.17) is 0 Å². The third-order valence-electron chi connectivity index (χ3n) is 3.94. The molecule has 5 heteroatoms. The number of carbonyl (C=O) groups is 2. The van der Waals surface area contributed by atoms with Crippen LogP contribution in [0.1, 0.15) is 30.9 Å². The molecule has 2 aromatic rings. The van der Waals surface area contributed by atoms with Gasteiger partial charge >= 0.3 is 0 Å². The van der Waals surface area contributed by atoms with Crippen LogP contribution in [-0.2, 0) is 9.59 Å². The normalized spacial score (nSPS) is 12.0. The maximum Gasteiger partial charge on any atom is 0.222 e. The number of benzene rings is 2. The van der Waals surface area contributed by atoms with Crippen LogP contribution in [0.15, 0.2) is 42.5 Å². The summed E-state index contributed by atoms with van der Waals surface area (Å²) in [4.78, 5) is 24.7. The highest BCUT2D eigenvalue weighted by atomic mass is 16.3. The molecule has 2 N–H and O–H groups in total. The first-order chi connectivity index (χ1) is 11.5. The molecule has 0 aliphatic rings. The number of fused-ring (bicyclic) bond motifs is 1. The molecule has 0 aromatic heterocycles. The molecule has 0 fully saturated rings. The number of aliphatic hydroxyl groups is 1. The number of nitrogens with zero attached hydrogens (tertiary/aromatic N) is 1. The monoisotopic (exact) mass is 328 g/mol. The smallest absolute Gasteiger partial charge is 0.222 e. The topological polar surface area (TPSA) is 69.6 Å². The van der Waals surface area contributed by atoms with Gasteiger partial charge in [0.05, 0.1) is 6.10 Å². The van der Waals surface area contributed by atoms with Crippen LogP contribution in [0.4, 0.5) is 0 Å². The Morgan fingerprint density at radius 3 is 2.50 bits per heavy atom. The molecule has 24 heavy (non-hydrogen) atoms. The minimum Gasteiger partial charge on any atom is -0.387 e. The number of hydrogen-bond acceptors (Lipinski definition) is 3. The molecule has 2 aromatic carbocycles. The van der Waals surface area contributed by atoms with Gasteiger partial charge in [-0.1, -0.05) is 36.4 Å². The van der Waals surface area contributed by atoms with Gasteiger partial charge in [-0.25, -0.2) is 0 Å². The highest BCUT2D eigenvalue weighted by molar-refractivity contribution is 5.83. The molecule has 5 nitrogen and oxygen atoms in total. The van der Waals surface area contributed by atoms with Gasteiger partial charge in [0.1, 0.15) is 0 Å². The Bertz CT molecular complexity index is 713. The minimum absolute atomic E-state index is 0.0130. The van der Waals surface area contributed by atoms with E-state index < -0.39 is 6.10 Å². The van der Waals surface area contributed by atoms with Crippen molar-refractivity contribution in [2.24, 2.45) is 0 Å². The lowest BCUT2D eigenvalue weighted by atomic mass is 10.0. The second-order valence-electron chi connectivity index (χ2n) is 6.07. The Hall–Kier alpha value is -2.40. The summed E-state index contributed by atoms with van der Waals surface area (Å²) in [5.74, 6) is -0.139. The van der Waals surface area contributed by atoms with E-state index in [0.717, 1.165) is 16.3 Å². The van der Waals surface area contributed by atoms with Gasteiger partial charge in [-0.05, 0) is 28.8 Å². The first-order valence-electron chi connectivity index (χ1n) is 8.11. The van der Waals surface area contributed by atoms with Crippen LogP contribution in [-0.4, -0.2) is 42.5 Å². The SMILES string of the molecule is CN(C)C(=O)CCCC(=O)NCC(O)c1ccc2ccccc2c1. The summed E-state index contributed by atoms with van der Waals surface area (Å²) in [6.45, 7) is 0.165. The van der Waals surface area contributed by atoms with Crippen LogP contribution in [0.5, 0.6) is 0 Å². The fourth-order valence-electron chi connectivity index (χ4n) is 2.46. The van der Waals surface area contributed by atoms with Crippen molar-refractivity contribution < 1.29 is 14.7 Å². The van der Waals surface area contributed by atoms with E-state index in [9.17, 15) is 14.7 Å². The molecular formula is C19H24N2O3. The van der Waals surface area contributed by atoms with Crippen LogP contribution in [0, 0.1) is 0 Å². The van der Waals surface area contributed by atoms with Crippen LogP contribution >= 0.6 is 0 Å². The third-order valence-corrected chi connectivity index (χ3v) is 3.94. The third kappa shape index (κ3) is 5.06. The zero-order chi connectivity index (χ0) is 17.5. The molecule has 2 amide bonds. The molecule has 0 bridgehead atoms. The number of amides is 2. The molecule has 0 aliphatic heterocycles.